The first-order valence-corrected chi connectivity index (χ1v) is 16.4. The molecule has 11 nitrogen and oxygen atoms in total. The van der Waals surface area contributed by atoms with Crippen molar-refractivity contribution in [2.45, 2.75) is 32.9 Å². The van der Waals surface area contributed by atoms with Crippen LogP contribution < -0.4 is 25.1 Å². The van der Waals surface area contributed by atoms with E-state index in [9.17, 15) is 14.4 Å². The molecule has 0 spiro atoms. The molecular weight excluding hydrogens is 679 g/mol. The topological polar surface area (TPSA) is 137 Å². The second kappa shape index (κ2) is 16.0. The van der Waals surface area contributed by atoms with Crippen LogP contribution in [0.3, 0.4) is 0 Å². The maximum Gasteiger partial charge on any atom is 0.287 e. The molecule has 3 N–H and O–H groups in total. The lowest BCUT2D eigenvalue weighted by Crippen LogP contribution is -3.11. The van der Waals surface area contributed by atoms with Gasteiger partial charge in [0.1, 0.15) is 17.2 Å². The summed E-state index contributed by atoms with van der Waals surface area (Å²) in [6.07, 6.45) is 0. The summed E-state index contributed by atoms with van der Waals surface area (Å²) in [7, 11) is 3.04. The fourth-order valence-electron chi connectivity index (χ4n) is 5.50. The molecule has 0 fully saturated rings. The Morgan fingerprint density at radius 2 is 1.42 bits per heavy atom. The summed E-state index contributed by atoms with van der Waals surface area (Å²) >= 11 is 13.3. The zero-order chi connectivity index (χ0) is 35.9. The van der Waals surface area contributed by atoms with E-state index in [1.54, 1.807) is 73.8 Å². The Hall–Kier alpha value is -5.23. The van der Waals surface area contributed by atoms with Gasteiger partial charge in [-0.05, 0) is 85.5 Å². The van der Waals surface area contributed by atoms with Crippen molar-refractivity contribution in [2.75, 3.05) is 31.4 Å². The van der Waals surface area contributed by atoms with Crippen LogP contribution in [0.1, 0.15) is 20.8 Å². The van der Waals surface area contributed by atoms with Crippen molar-refractivity contribution in [1.29, 1.82) is 0 Å². The molecule has 0 aliphatic carbocycles. The van der Waals surface area contributed by atoms with Crippen LogP contribution in [0.25, 0.3) is 16.6 Å². The van der Waals surface area contributed by atoms with Crippen LogP contribution in [0.4, 0.5) is 22.7 Å². The first kappa shape index (κ1) is 36.1. The molecule has 0 bridgehead atoms. The van der Waals surface area contributed by atoms with Gasteiger partial charge in [-0.15, -0.1) is 0 Å². The van der Waals surface area contributed by atoms with Gasteiger partial charge in [0.15, 0.2) is 11.8 Å². The number of carbonyl (C=O) groups is 3. The Bertz CT molecular complexity index is 2000. The minimum absolute atomic E-state index is 0.200. The molecule has 258 valence electrons. The van der Waals surface area contributed by atoms with Crippen LogP contribution in [-0.4, -0.2) is 50.4 Å². The smallest absolute Gasteiger partial charge is 0.287 e. The SMILES string of the molecule is COc1ccccc1NC(=O)C(N=Nc1ccc(-c2ccc([N-][NH+]3CC(C)=C(C)C3C(=O)Nc3ccccc3OC)c(Cl)c2)cc1Cl)C(C)=O. The quantitative estimate of drug-likeness (QED) is 0.0792. The van der Waals surface area contributed by atoms with E-state index in [0.717, 1.165) is 22.3 Å². The highest BCUT2D eigenvalue weighted by Gasteiger charge is 2.35. The third-order valence-electron chi connectivity index (χ3n) is 8.28. The summed E-state index contributed by atoms with van der Waals surface area (Å²) in [6, 6.07) is 22.7. The second-order valence-corrected chi connectivity index (χ2v) is 12.4. The number of para-hydroxylation sites is 4. The van der Waals surface area contributed by atoms with E-state index in [2.05, 4.69) is 20.9 Å². The summed E-state index contributed by atoms with van der Waals surface area (Å²) in [5.41, 5.74) is 10.2. The van der Waals surface area contributed by atoms with E-state index in [1.807, 2.05) is 32.0 Å². The van der Waals surface area contributed by atoms with Gasteiger partial charge in [-0.1, -0.05) is 71.4 Å². The molecule has 5 rings (SSSR count). The van der Waals surface area contributed by atoms with E-state index in [-0.39, 0.29) is 16.6 Å². The number of ether oxygens (including phenoxy) is 2. The van der Waals surface area contributed by atoms with Crippen LogP contribution in [0.15, 0.2) is 106 Å². The van der Waals surface area contributed by atoms with Crippen LogP contribution in [0, 0.1) is 0 Å². The molecule has 50 heavy (non-hydrogen) atoms. The fourth-order valence-corrected chi connectivity index (χ4v) is 5.94. The van der Waals surface area contributed by atoms with Crippen molar-refractivity contribution in [3.63, 3.8) is 0 Å². The number of quaternary nitrogens is 1. The summed E-state index contributed by atoms with van der Waals surface area (Å²) in [5.74, 6) is -0.336. The van der Waals surface area contributed by atoms with Gasteiger partial charge in [0.2, 0.25) is 6.04 Å². The lowest BCUT2D eigenvalue weighted by molar-refractivity contribution is -0.858. The molecule has 0 radical (unpaired) electrons. The Morgan fingerprint density at radius 3 is 2.00 bits per heavy atom. The molecule has 3 unspecified atom stereocenters. The molecule has 3 atom stereocenters. The first-order chi connectivity index (χ1) is 24.0. The molecule has 0 saturated carbocycles. The Kier molecular flexibility index (Phi) is 11.5. The molecule has 2 amide bonds. The molecular formula is C37H36Cl2N6O5. The minimum atomic E-state index is -1.39. The molecule has 1 aliphatic heterocycles. The van der Waals surface area contributed by atoms with Gasteiger partial charge in [-0.3, -0.25) is 14.4 Å². The third kappa shape index (κ3) is 8.14. The number of halogens is 2. The number of amides is 2. The van der Waals surface area contributed by atoms with Gasteiger partial charge in [-0.2, -0.15) is 10.2 Å². The van der Waals surface area contributed by atoms with Gasteiger partial charge in [-0.25, -0.2) is 0 Å². The summed E-state index contributed by atoms with van der Waals surface area (Å²) in [4.78, 5) is 38.7. The van der Waals surface area contributed by atoms with Crippen molar-refractivity contribution in [3.05, 3.63) is 112 Å². The highest BCUT2D eigenvalue weighted by atomic mass is 35.5. The maximum atomic E-state index is 13.5. The second-order valence-electron chi connectivity index (χ2n) is 11.6. The van der Waals surface area contributed by atoms with E-state index >= 15 is 0 Å². The zero-order valence-corrected chi connectivity index (χ0v) is 29.6. The predicted molar refractivity (Wildman–Crippen MR) is 195 cm³/mol. The molecule has 4 aromatic carbocycles. The lowest BCUT2D eigenvalue weighted by atomic mass is 10.0. The molecule has 13 heteroatoms. The molecule has 1 heterocycles. The van der Waals surface area contributed by atoms with Crippen LogP contribution >= 0.6 is 23.2 Å². The van der Waals surface area contributed by atoms with Gasteiger partial charge < -0.3 is 30.5 Å². The third-order valence-corrected chi connectivity index (χ3v) is 8.89. The van der Waals surface area contributed by atoms with E-state index in [1.165, 1.54) is 14.0 Å². The Labute approximate surface area is 300 Å². The lowest BCUT2D eigenvalue weighted by Gasteiger charge is -2.35. The standard InChI is InChI=1S/C37H36Cl2N6O5/c1-21-20-45(35(22(21)2)37(48)41-31-11-7-9-13-33(31)50-5)44-29-17-15-25(19-27(29)39)24-14-16-28(26(38)18-24)42-43-34(23(3)46)36(47)40-30-10-6-8-12-32(30)49-4/h6-19,34-35,45H,20H2,1-5H3,(H2-,40,41,43,44,47,48). The maximum absolute atomic E-state index is 13.5. The normalized spacial score (nSPS) is 16.2. The number of hydrogen-bond acceptors (Lipinski definition) is 7. The first-order valence-electron chi connectivity index (χ1n) is 15.6. The van der Waals surface area contributed by atoms with Crippen molar-refractivity contribution in [1.82, 2.24) is 0 Å². The number of Topliss-reactive ketones (excluding diaryl/α,β-unsaturated/α-hetero) is 1. The monoisotopic (exact) mass is 714 g/mol. The van der Waals surface area contributed by atoms with Crippen molar-refractivity contribution < 1.29 is 28.9 Å². The highest BCUT2D eigenvalue weighted by molar-refractivity contribution is 6.34. The van der Waals surface area contributed by atoms with E-state index < -0.39 is 23.8 Å². The summed E-state index contributed by atoms with van der Waals surface area (Å²) in [5, 5.41) is 15.1. The Balaban J connectivity index is 1.28. The number of benzene rings is 4. The van der Waals surface area contributed by atoms with Crippen LogP contribution in [-0.2, 0) is 14.4 Å². The van der Waals surface area contributed by atoms with E-state index in [4.69, 9.17) is 38.1 Å². The van der Waals surface area contributed by atoms with Crippen molar-refractivity contribution in [3.8, 4) is 22.6 Å². The number of hydrogen-bond donors (Lipinski definition) is 3. The zero-order valence-electron chi connectivity index (χ0n) is 28.1. The number of rotatable bonds is 12. The van der Waals surface area contributed by atoms with Crippen molar-refractivity contribution in [2.24, 2.45) is 10.2 Å². The number of methoxy groups -OCH3 is 2. The number of nitrogens with one attached hydrogen (secondary N) is 3. The largest absolute Gasteiger partial charge is 0.495 e. The molecule has 1 aliphatic rings. The predicted octanol–water partition coefficient (Wildman–Crippen LogP) is 7.52. The average molecular weight is 716 g/mol. The number of anilines is 2. The van der Waals surface area contributed by atoms with Gasteiger partial charge in [0.25, 0.3) is 11.8 Å². The van der Waals surface area contributed by atoms with E-state index in [0.29, 0.717) is 45.1 Å². The van der Waals surface area contributed by atoms with Gasteiger partial charge in [0, 0.05) is 5.02 Å². The molecule has 0 saturated heterocycles. The minimum Gasteiger partial charge on any atom is -0.495 e. The van der Waals surface area contributed by atoms with Gasteiger partial charge >= 0.3 is 0 Å². The molecule has 0 aromatic heterocycles. The van der Waals surface area contributed by atoms with Crippen LogP contribution in [0.2, 0.25) is 10.0 Å². The fraction of sp³-hybridized carbons (Fsp3) is 0.216. The number of azo groups is 1. The van der Waals surface area contributed by atoms with Crippen molar-refractivity contribution >= 4 is 63.5 Å². The molecule has 4 aromatic rings. The number of ketones is 1. The number of nitrogens with zero attached hydrogens (tertiary/aromatic N) is 3. The average Bonchev–Trinajstić information content (AvgIpc) is 3.38. The summed E-state index contributed by atoms with van der Waals surface area (Å²) < 4.78 is 10.7. The van der Waals surface area contributed by atoms with Crippen LogP contribution in [0.5, 0.6) is 11.5 Å². The summed E-state index contributed by atoms with van der Waals surface area (Å²) in [6.45, 7) is 5.75. The van der Waals surface area contributed by atoms with Gasteiger partial charge in [0.05, 0.1) is 37.2 Å². The number of carbonyl (C=O) groups excluding carboxylic acids is 3. The highest BCUT2D eigenvalue weighted by Crippen LogP contribution is 2.36. The Morgan fingerprint density at radius 1 is 0.840 bits per heavy atom.